The lowest BCUT2D eigenvalue weighted by atomic mass is 9.65. The van der Waals surface area contributed by atoms with Crippen LogP contribution in [-0.4, -0.2) is 18.8 Å². The van der Waals surface area contributed by atoms with E-state index in [0.717, 1.165) is 38.7 Å². The lowest BCUT2D eigenvalue weighted by molar-refractivity contribution is -0.112. The molecule has 1 heterocycles. The molecule has 1 aromatic carbocycles. The fraction of sp³-hybridized carbons (Fsp3) is 0.647. The molecule has 20 heavy (non-hydrogen) atoms. The highest BCUT2D eigenvalue weighted by atomic mass is 19.1. The van der Waals surface area contributed by atoms with E-state index in [1.54, 1.807) is 12.1 Å². The predicted molar refractivity (Wildman–Crippen MR) is 80.2 cm³/mol. The first-order valence-electron chi connectivity index (χ1n) is 7.70. The van der Waals surface area contributed by atoms with Gasteiger partial charge in [0.25, 0.3) is 0 Å². The van der Waals surface area contributed by atoms with Crippen molar-refractivity contribution in [3.8, 4) is 0 Å². The number of ether oxygens (including phenoxy) is 1. The van der Waals surface area contributed by atoms with Gasteiger partial charge in [-0.15, -0.1) is 0 Å². The smallest absolute Gasteiger partial charge is 0.123 e. The third kappa shape index (κ3) is 2.89. The van der Waals surface area contributed by atoms with Crippen molar-refractivity contribution in [2.75, 3.05) is 13.2 Å². The summed E-state index contributed by atoms with van der Waals surface area (Å²) >= 11 is 0. The van der Waals surface area contributed by atoms with Gasteiger partial charge in [0.05, 0.1) is 5.60 Å². The Morgan fingerprint density at radius 3 is 2.40 bits per heavy atom. The van der Waals surface area contributed by atoms with E-state index in [1.165, 1.54) is 5.56 Å². The number of rotatable bonds is 5. The zero-order valence-corrected chi connectivity index (χ0v) is 12.6. The minimum atomic E-state index is -0.180. The molecule has 1 aliphatic heterocycles. The molecule has 0 aromatic heterocycles. The second kappa shape index (κ2) is 6.23. The van der Waals surface area contributed by atoms with E-state index in [9.17, 15) is 4.39 Å². The Balaban J connectivity index is 2.36. The Kier molecular flexibility index (Phi) is 4.82. The Bertz CT molecular complexity index is 423. The Hall–Kier alpha value is -0.930. The fourth-order valence-corrected chi connectivity index (χ4v) is 3.61. The Morgan fingerprint density at radius 1 is 1.20 bits per heavy atom. The second-order valence-electron chi connectivity index (χ2n) is 5.99. The molecule has 112 valence electrons. The van der Waals surface area contributed by atoms with Gasteiger partial charge in [0, 0.05) is 12.0 Å². The molecular weight excluding hydrogens is 253 g/mol. The van der Waals surface area contributed by atoms with Gasteiger partial charge < -0.3 is 10.5 Å². The largest absolute Gasteiger partial charge is 0.375 e. The fourth-order valence-electron chi connectivity index (χ4n) is 3.61. The van der Waals surface area contributed by atoms with Crippen LogP contribution in [0.3, 0.4) is 0 Å². The van der Waals surface area contributed by atoms with Crippen LogP contribution in [0.1, 0.15) is 51.5 Å². The Labute approximate surface area is 121 Å². The van der Waals surface area contributed by atoms with Crippen LogP contribution in [0.4, 0.5) is 4.39 Å². The average Bonchev–Trinajstić information content (AvgIpc) is 2.48. The maximum atomic E-state index is 13.2. The van der Waals surface area contributed by atoms with Crippen molar-refractivity contribution < 1.29 is 9.13 Å². The molecule has 3 heteroatoms. The number of hydrogen-bond donors (Lipinski definition) is 1. The maximum absolute atomic E-state index is 13.2. The van der Waals surface area contributed by atoms with E-state index in [0.29, 0.717) is 6.54 Å². The molecule has 1 unspecified atom stereocenters. The topological polar surface area (TPSA) is 35.2 Å². The first kappa shape index (κ1) is 15.5. The molecule has 0 radical (unpaired) electrons. The van der Waals surface area contributed by atoms with Gasteiger partial charge in [-0.25, -0.2) is 4.39 Å². The summed E-state index contributed by atoms with van der Waals surface area (Å²) < 4.78 is 19.3. The molecule has 1 aromatic rings. The number of halogens is 1. The lowest BCUT2D eigenvalue weighted by Gasteiger charge is -2.48. The van der Waals surface area contributed by atoms with E-state index < -0.39 is 0 Å². The molecule has 0 bridgehead atoms. The zero-order valence-electron chi connectivity index (χ0n) is 12.6. The molecule has 0 spiro atoms. The van der Waals surface area contributed by atoms with Crippen LogP contribution < -0.4 is 5.73 Å². The molecule has 0 amide bonds. The standard InChI is InChI=1S/C17H26FNO/c1-3-17(4-2)13-16(9-11-19,10-12-20-17)14-5-7-15(18)8-6-14/h5-8H,3-4,9-13,19H2,1-2H3. The molecule has 1 atom stereocenters. The summed E-state index contributed by atoms with van der Waals surface area (Å²) in [4.78, 5) is 0. The van der Waals surface area contributed by atoms with Crippen LogP contribution >= 0.6 is 0 Å². The van der Waals surface area contributed by atoms with Gasteiger partial charge in [0.2, 0.25) is 0 Å². The highest BCUT2D eigenvalue weighted by Gasteiger charge is 2.44. The number of nitrogens with two attached hydrogens (primary N) is 1. The van der Waals surface area contributed by atoms with E-state index in [4.69, 9.17) is 10.5 Å². The molecule has 1 fully saturated rings. The summed E-state index contributed by atoms with van der Waals surface area (Å²) in [5.74, 6) is -0.180. The maximum Gasteiger partial charge on any atom is 0.123 e. The van der Waals surface area contributed by atoms with Crippen LogP contribution in [0.25, 0.3) is 0 Å². The molecular formula is C17H26FNO. The highest BCUT2D eigenvalue weighted by Crippen LogP contribution is 2.46. The highest BCUT2D eigenvalue weighted by molar-refractivity contribution is 5.28. The lowest BCUT2D eigenvalue weighted by Crippen LogP contribution is -2.47. The Morgan fingerprint density at radius 2 is 1.85 bits per heavy atom. The van der Waals surface area contributed by atoms with E-state index in [-0.39, 0.29) is 16.8 Å². The van der Waals surface area contributed by atoms with Crippen molar-refractivity contribution in [3.05, 3.63) is 35.6 Å². The van der Waals surface area contributed by atoms with Crippen molar-refractivity contribution in [1.82, 2.24) is 0 Å². The SMILES string of the molecule is CCC1(CC)CC(CCN)(c2ccc(F)cc2)CCO1. The van der Waals surface area contributed by atoms with Crippen LogP contribution in [0.2, 0.25) is 0 Å². The van der Waals surface area contributed by atoms with Gasteiger partial charge in [-0.05, 0) is 56.3 Å². The van der Waals surface area contributed by atoms with E-state index in [2.05, 4.69) is 13.8 Å². The minimum absolute atomic E-state index is 0.0344. The van der Waals surface area contributed by atoms with Crippen LogP contribution in [0, 0.1) is 5.82 Å². The quantitative estimate of drug-likeness (QED) is 0.890. The van der Waals surface area contributed by atoms with Gasteiger partial charge in [-0.2, -0.15) is 0 Å². The summed E-state index contributed by atoms with van der Waals surface area (Å²) in [6.07, 6.45) is 4.91. The number of hydrogen-bond acceptors (Lipinski definition) is 2. The summed E-state index contributed by atoms with van der Waals surface area (Å²) in [5, 5.41) is 0. The third-order valence-corrected chi connectivity index (χ3v) is 5.02. The van der Waals surface area contributed by atoms with E-state index >= 15 is 0 Å². The van der Waals surface area contributed by atoms with Crippen LogP contribution in [-0.2, 0) is 10.2 Å². The molecule has 2 rings (SSSR count). The minimum Gasteiger partial charge on any atom is -0.375 e. The zero-order chi connectivity index (χ0) is 14.6. The third-order valence-electron chi connectivity index (χ3n) is 5.02. The average molecular weight is 279 g/mol. The first-order chi connectivity index (χ1) is 9.60. The molecule has 0 aliphatic carbocycles. The molecule has 1 saturated heterocycles. The summed E-state index contributed by atoms with van der Waals surface area (Å²) in [7, 11) is 0. The van der Waals surface area contributed by atoms with Crippen molar-refractivity contribution in [1.29, 1.82) is 0 Å². The van der Waals surface area contributed by atoms with Crippen LogP contribution in [0.5, 0.6) is 0 Å². The molecule has 2 nitrogen and oxygen atoms in total. The van der Waals surface area contributed by atoms with E-state index in [1.807, 2.05) is 12.1 Å². The summed E-state index contributed by atoms with van der Waals surface area (Å²) in [6.45, 7) is 5.79. The molecule has 2 N–H and O–H groups in total. The normalized spacial score (nSPS) is 25.6. The summed E-state index contributed by atoms with van der Waals surface area (Å²) in [5.41, 5.74) is 7.06. The predicted octanol–water partition coefficient (Wildman–Crippen LogP) is 3.78. The van der Waals surface area contributed by atoms with Crippen molar-refractivity contribution >= 4 is 0 Å². The molecule has 1 aliphatic rings. The van der Waals surface area contributed by atoms with Crippen LogP contribution in [0.15, 0.2) is 24.3 Å². The van der Waals surface area contributed by atoms with Crippen molar-refractivity contribution in [2.45, 2.75) is 57.0 Å². The van der Waals surface area contributed by atoms with Gasteiger partial charge in [0.1, 0.15) is 5.82 Å². The van der Waals surface area contributed by atoms with Gasteiger partial charge in [-0.3, -0.25) is 0 Å². The van der Waals surface area contributed by atoms with Gasteiger partial charge >= 0.3 is 0 Å². The van der Waals surface area contributed by atoms with Gasteiger partial charge in [-0.1, -0.05) is 26.0 Å². The first-order valence-corrected chi connectivity index (χ1v) is 7.70. The summed E-state index contributed by atoms with van der Waals surface area (Å²) in [6, 6.07) is 6.96. The second-order valence-corrected chi connectivity index (χ2v) is 5.99. The monoisotopic (exact) mass is 279 g/mol. The van der Waals surface area contributed by atoms with Crippen molar-refractivity contribution in [3.63, 3.8) is 0 Å². The van der Waals surface area contributed by atoms with Crippen molar-refractivity contribution in [2.24, 2.45) is 5.73 Å². The number of benzene rings is 1. The van der Waals surface area contributed by atoms with Gasteiger partial charge in [0.15, 0.2) is 0 Å². The molecule has 0 saturated carbocycles.